The van der Waals surface area contributed by atoms with Gasteiger partial charge in [-0.2, -0.15) is 0 Å². The summed E-state index contributed by atoms with van der Waals surface area (Å²) in [5.74, 6) is -1.88. The third kappa shape index (κ3) is 5.42. The van der Waals surface area contributed by atoms with Gasteiger partial charge >= 0.3 is 11.9 Å². The molecule has 0 aliphatic heterocycles. The van der Waals surface area contributed by atoms with E-state index in [1.54, 1.807) is 7.11 Å². The van der Waals surface area contributed by atoms with Crippen molar-refractivity contribution in [2.45, 2.75) is 12.6 Å². The molecule has 7 nitrogen and oxygen atoms in total. The summed E-state index contributed by atoms with van der Waals surface area (Å²) in [5, 5.41) is 4.94. The Bertz CT molecular complexity index is 1510. The average molecular weight is 533 g/mol. The summed E-state index contributed by atoms with van der Waals surface area (Å²) < 4.78 is 18.0. The van der Waals surface area contributed by atoms with Gasteiger partial charge < -0.3 is 19.5 Å². The first kappa shape index (κ1) is 24.7. The molecule has 37 heavy (non-hydrogen) atoms. The summed E-state index contributed by atoms with van der Waals surface area (Å²) in [4.78, 5) is 31.9. The molecule has 0 fully saturated rings. The van der Waals surface area contributed by atoms with Gasteiger partial charge in [0.1, 0.15) is 12.4 Å². The Hall–Kier alpha value is -3.95. The lowest BCUT2D eigenvalue weighted by molar-refractivity contribution is -0.162. The van der Waals surface area contributed by atoms with Crippen molar-refractivity contribution in [1.29, 1.82) is 0 Å². The molecule has 188 valence electrons. The van der Waals surface area contributed by atoms with Gasteiger partial charge in [0.25, 0.3) is 0 Å². The highest BCUT2D eigenvalue weighted by molar-refractivity contribution is 7.22. The first-order valence-electron chi connectivity index (χ1n) is 11.5. The number of benzene rings is 3. The van der Waals surface area contributed by atoms with Gasteiger partial charge in [0.15, 0.2) is 11.0 Å². The molecular formula is C28H24N2O5S2. The predicted octanol–water partition coefficient (Wildman–Crippen LogP) is 6.21. The quantitative estimate of drug-likeness (QED) is 0.178. The van der Waals surface area contributed by atoms with Gasteiger partial charge in [0.05, 0.1) is 30.5 Å². The van der Waals surface area contributed by atoms with Gasteiger partial charge in [-0.25, -0.2) is 4.98 Å². The van der Waals surface area contributed by atoms with E-state index in [2.05, 4.69) is 10.3 Å². The van der Waals surface area contributed by atoms with Crippen molar-refractivity contribution in [2.24, 2.45) is 5.92 Å². The first-order chi connectivity index (χ1) is 18.1. The molecule has 0 bridgehead atoms. The van der Waals surface area contributed by atoms with E-state index in [0.717, 1.165) is 36.5 Å². The van der Waals surface area contributed by atoms with Crippen LogP contribution in [0.15, 0.2) is 78.9 Å². The summed E-state index contributed by atoms with van der Waals surface area (Å²) in [6, 6.07) is 24.1. The average Bonchev–Trinajstić information content (AvgIpc) is 3.55. The van der Waals surface area contributed by atoms with E-state index in [1.807, 2.05) is 78.9 Å². The fraction of sp³-hybridized carbons (Fsp3) is 0.179. The number of esters is 2. The van der Waals surface area contributed by atoms with Crippen LogP contribution >= 0.6 is 22.7 Å². The maximum absolute atomic E-state index is 13.4. The lowest BCUT2D eigenvalue weighted by atomic mass is 9.98. The number of rotatable bonds is 9. The van der Waals surface area contributed by atoms with E-state index in [1.165, 1.54) is 29.8 Å². The normalized spacial score (nSPS) is 12.7. The molecule has 0 spiro atoms. The van der Waals surface area contributed by atoms with Crippen LogP contribution in [-0.4, -0.2) is 31.1 Å². The van der Waals surface area contributed by atoms with Crippen molar-refractivity contribution in [2.75, 3.05) is 19.5 Å². The zero-order chi connectivity index (χ0) is 25.8. The summed E-state index contributed by atoms with van der Waals surface area (Å²) in [6.45, 7) is 0.0488. The highest BCUT2D eigenvalue weighted by Gasteiger charge is 2.40. The van der Waals surface area contributed by atoms with Crippen molar-refractivity contribution < 1.29 is 23.8 Å². The molecule has 5 aromatic rings. The van der Waals surface area contributed by atoms with Crippen molar-refractivity contribution in [3.05, 3.63) is 89.3 Å². The highest BCUT2D eigenvalue weighted by Crippen LogP contribution is 2.39. The maximum atomic E-state index is 13.4. The second-order valence-corrected chi connectivity index (χ2v) is 10.4. The molecule has 0 aliphatic rings. The molecule has 0 amide bonds. The van der Waals surface area contributed by atoms with Gasteiger partial charge in [-0.1, -0.05) is 59.9 Å². The number of hydrogen-bond donors (Lipinski definition) is 1. The summed E-state index contributed by atoms with van der Waals surface area (Å²) in [5.41, 5.74) is 1.61. The number of fused-ring (bicyclic) bond motifs is 2. The number of thiophene rings is 1. The molecule has 3 aromatic carbocycles. The maximum Gasteiger partial charge on any atom is 0.323 e. The van der Waals surface area contributed by atoms with Crippen LogP contribution in [0.25, 0.3) is 20.3 Å². The van der Waals surface area contributed by atoms with Crippen molar-refractivity contribution in [1.82, 2.24) is 4.98 Å². The third-order valence-corrected chi connectivity index (χ3v) is 8.04. The molecule has 1 N–H and O–H groups in total. The van der Waals surface area contributed by atoms with Crippen LogP contribution in [0.2, 0.25) is 0 Å². The van der Waals surface area contributed by atoms with Crippen LogP contribution in [0.4, 0.5) is 5.13 Å². The molecule has 9 heteroatoms. The molecular weight excluding hydrogens is 508 g/mol. The van der Waals surface area contributed by atoms with Crippen LogP contribution in [0.3, 0.4) is 0 Å². The molecule has 0 saturated carbocycles. The Morgan fingerprint density at radius 3 is 2.43 bits per heavy atom. The standard InChI is InChI=1S/C28H24N2O5S2/c1-33-19-12-13-20-22(15-19)37-28(29-20)30-25(23-14-18-10-6-7-11-21(18)36-23)24(26(31)34-2)27(32)35-16-17-8-4-3-5-9-17/h3-15,24-25H,16H2,1-2H3,(H,29,30)/t24?,25-/m0/s1. The number of carbonyl (C=O) groups is 2. The first-order valence-corrected chi connectivity index (χ1v) is 13.2. The summed E-state index contributed by atoms with van der Waals surface area (Å²) in [6.07, 6.45) is 0. The van der Waals surface area contributed by atoms with Crippen LogP contribution in [0.5, 0.6) is 5.75 Å². The van der Waals surface area contributed by atoms with E-state index in [-0.39, 0.29) is 6.61 Å². The molecule has 0 aliphatic carbocycles. The Balaban J connectivity index is 1.52. The number of anilines is 1. The Morgan fingerprint density at radius 1 is 0.892 bits per heavy atom. The molecule has 2 aromatic heterocycles. The number of ether oxygens (including phenoxy) is 3. The van der Waals surface area contributed by atoms with Gasteiger partial charge in [-0.05, 0) is 41.3 Å². The molecule has 0 radical (unpaired) electrons. The molecule has 2 atom stereocenters. The molecule has 1 unspecified atom stereocenters. The Kier molecular flexibility index (Phi) is 7.34. The summed E-state index contributed by atoms with van der Waals surface area (Å²) in [7, 11) is 2.88. The second kappa shape index (κ2) is 11.0. The lowest BCUT2D eigenvalue weighted by Gasteiger charge is -2.24. The monoisotopic (exact) mass is 532 g/mol. The van der Waals surface area contributed by atoms with Gasteiger partial charge in [0.2, 0.25) is 0 Å². The van der Waals surface area contributed by atoms with Gasteiger partial charge in [-0.3, -0.25) is 9.59 Å². The van der Waals surface area contributed by atoms with E-state index in [4.69, 9.17) is 14.2 Å². The Morgan fingerprint density at radius 2 is 1.68 bits per heavy atom. The number of nitrogens with one attached hydrogen (secondary N) is 1. The number of methoxy groups -OCH3 is 2. The highest BCUT2D eigenvalue weighted by atomic mass is 32.1. The number of carbonyl (C=O) groups excluding carboxylic acids is 2. The summed E-state index contributed by atoms with van der Waals surface area (Å²) >= 11 is 2.92. The smallest absolute Gasteiger partial charge is 0.323 e. The van der Waals surface area contributed by atoms with E-state index >= 15 is 0 Å². The molecule has 2 heterocycles. The number of nitrogens with zero attached hydrogens (tertiary/aromatic N) is 1. The van der Waals surface area contributed by atoms with Crippen molar-refractivity contribution >= 4 is 60.0 Å². The van der Waals surface area contributed by atoms with E-state index < -0.39 is 23.9 Å². The lowest BCUT2D eigenvalue weighted by Crippen LogP contribution is -2.36. The SMILES string of the molecule is COC(=O)C(C(=O)OCc1ccccc1)[C@@H](Nc1nc2ccc(OC)cc2s1)c1cc2ccccc2s1. The molecule has 5 rings (SSSR count). The van der Waals surface area contributed by atoms with E-state index in [0.29, 0.717) is 5.13 Å². The Labute approximate surface area is 221 Å². The zero-order valence-electron chi connectivity index (χ0n) is 20.2. The zero-order valence-corrected chi connectivity index (χ0v) is 21.8. The van der Waals surface area contributed by atoms with Crippen molar-refractivity contribution in [3.63, 3.8) is 0 Å². The van der Waals surface area contributed by atoms with E-state index in [9.17, 15) is 9.59 Å². The largest absolute Gasteiger partial charge is 0.497 e. The van der Waals surface area contributed by atoms with Crippen LogP contribution < -0.4 is 10.1 Å². The van der Waals surface area contributed by atoms with Crippen LogP contribution in [-0.2, 0) is 25.7 Å². The fourth-order valence-corrected chi connectivity index (χ4v) is 6.10. The van der Waals surface area contributed by atoms with Crippen LogP contribution in [0.1, 0.15) is 16.5 Å². The fourth-order valence-electron chi connectivity index (χ4n) is 4.01. The predicted molar refractivity (Wildman–Crippen MR) is 146 cm³/mol. The minimum atomic E-state index is -1.25. The van der Waals surface area contributed by atoms with Gasteiger partial charge in [-0.15, -0.1) is 11.3 Å². The minimum Gasteiger partial charge on any atom is -0.497 e. The minimum absolute atomic E-state index is 0.0488. The topological polar surface area (TPSA) is 86.8 Å². The van der Waals surface area contributed by atoms with Crippen molar-refractivity contribution in [3.8, 4) is 5.75 Å². The second-order valence-electron chi connectivity index (χ2n) is 8.26. The number of hydrogen-bond acceptors (Lipinski definition) is 9. The van der Waals surface area contributed by atoms with Gasteiger partial charge in [0, 0.05) is 9.58 Å². The van der Waals surface area contributed by atoms with Crippen LogP contribution in [0, 0.1) is 5.92 Å². The number of aromatic nitrogens is 1. The number of thiazole rings is 1. The third-order valence-electron chi connectivity index (χ3n) is 5.89. The molecule has 0 saturated heterocycles.